The smallest absolute Gasteiger partial charge is 0.297 e. The highest BCUT2D eigenvalue weighted by molar-refractivity contribution is 5.95. The number of likely N-dealkylation sites (tertiary alicyclic amines) is 1. The van der Waals surface area contributed by atoms with Crippen molar-refractivity contribution in [3.05, 3.63) is 66.3 Å². The lowest BCUT2D eigenvalue weighted by molar-refractivity contribution is -0.136. The first-order valence-corrected chi connectivity index (χ1v) is 16.0. The Labute approximate surface area is 263 Å². The number of carbonyl (C=O) groups is 3. The molecule has 4 heterocycles. The fraction of sp³-hybridized carbons (Fsp3) is 0.545. The van der Waals surface area contributed by atoms with Crippen LogP contribution in [-0.2, 0) is 20.9 Å². The van der Waals surface area contributed by atoms with E-state index in [1.807, 2.05) is 42.2 Å². The van der Waals surface area contributed by atoms with Crippen molar-refractivity contribution in [1.29, 1.82) is 0 Å². The summed E-state index contributed by atoms with van der Waals surface area (Å²) in [7, 11) is 1.56. The van der Waals surface area contributed by atoms with Crippen molar-refractivity contribution in [3.63, 3.8) is 0 Å². The van der Waals surface area contributed by atoms with Gasteiger partial charge in [-0.1, -0.05) is 49.6 Å². The van der Waals surface area contributed by atoms with Gasteiger partial charge in [-0.05, 0) is 31.2 Å². The highest BCUT2D eigenvalue weighted by Gasteiger charge is 2.59. The van der Waals surface area contributed by atoms with Gasteiger partial charge in [0.15, 0.2) is 0 Å². The van der Waals surface area contributed by atoms with E-state index >= 15 is 0 Å². The SMILES string of the molecule is CNC(=O)[C@@H](NC(=O)[C@@H]1CN(C(=O)c2cnn(Cc3ccccc3)c2)CC12CN(c1ncco1)C2)[C@@H](C)OCC1CCCCC1. The molecule has 1 saturated carbocycles. The summed E-state index contributed by atoms with van der Waals surface area (Å²) in [5.74, 6) is -0.803. The first kappa shape index (κ1) is 30.8. The standard InChI is InChI=1S/C33H43N7O5/c1-23(45-19-25-11-7-4-8-12-25)28(30(42)34-2)37-29(41)27-18-38(20-33(27)21-39(22-33)32-35-13-14-44-32)31(43)26-15-36-40(17-26)16-24-9-5-3-6-10-24/h3,5-6,9-10,13-15,17,23,25,27-28H,4,7-8,11-12,16,18-22H2,1-2H3,(H,34,42)(H,37,41)/t23-,27+,28+/m1/s1. The molecule has 2 N–H and O–H groups in total. The van der Waals surface area contributed by atoms with Gasteiger partial charge in [-0.3, -0.25) is 19.1 Å². The maximum absolute atomic E-state index is 14.0. The van der Waals surface area contributed by atoms with Crippen LogP contribution >= 0.6 is 0 Å². The van der Waals surface area contributed by atoms with E-state index < -0.39 is 23.5 Å². The third kappa shape index (κ3) is 6.75. The fourth-order valence-electron chi connectivity index (χ4n) is 7.08. The van der Waals surface area contributed by atoms with Gasteiger partial charge < -0.3 is 29.6 Å². The minimum atomic E-state index is -0.855. The van der Waals surface area contributed by atoms with Crippen LogP contribution in [0.15, 0.2) is 59.6 Å². The summed E-state index contributed by atoms with van der Waals surface area (Å²) < 4.78 is 13.4. The third-order valence-corrected chi connectivity index (χ3v) is 9.64. The van der Waals surface area contributed by atoms with E-state index in [0.717, 1.165) is 18.4 Å². The number of benzene rings is 1. The summed E-state index contributed by atoms with van der Waals surface area (Å²) >= 11 is 0. The molecule has 0 bridgehead atoms. The Kier molecular flexibility index (Phi) is 9.20. The molecule has 1 aromatic carbocycles. The maximum atomic E-state index is 14.0. The van der Waals surface area contributed by atoms with Crippen molar-refractivity contribution in [2.45, 2.75) is 57.7 Å². The lowest BCUT2D eigenvalue weighted by Crippen LogP contribution is -2.64. The first-order valence-electron chi connectivity index (χ1n) is 16.0. The number of anilines is 1. The molecule has 3 aromatic rings. The topological polar surface area (TPSA) is 135 Å². The molecule has 2 aliphatic heterocycles. The lowest BCUT2D eigenvalue weighted by atomic mass is 9.71. The van der Waals surface area contributed by atoms with Gasteiger partial charge >= 0.3 is 0 Å². The van der Waals surface area contributed by atoms with Gasteiger partial charge in [0, 0.05) is 51.4 Å². The number of rotatable bonds is 11. The van der Waals surface area contributed by atoms with Crippen molar-refractivity contribution >= 4 is 23.7 Å². The van der Waals surface area contributed by atoms with E-state index in [1.54, 1.807) is 35.2 Å². The van der Waals surface area contributed by atoms with Crippen LogP contribution in [0.1, 0.15) is 54.9 Å². The number of nitrogens with one attached hydrogen (secondary N) is 2. The zero-order chi connectivity index (χ0) is 31.4. The fourth-order valence-corrected chi connectivity index (χ4v) is 7.08. The summed E-state index contributed by atoms with van der Waals surface area (Å²) in [6.45, 7) is 4.58. The number of ether oxygens (including phenoxy) is 1. The quantitative estimate of drug-likeness (QED) is 0.336. The first-order chi connectivity index (χ1) is 21.8. The van der Waals surface area contributed by atoms with Crippen molar-refractivity contribution in [3.8, 4) is 0 Å². The summed E-state index contributed by atoms with van der Waals surface area (Å²) in [5, 5.41) is 10.1. The molecule has 3 fully saturated rings. The molecule has 0 radical (unpaired) electrons. The normalized spacial score (nSPS) is 20.9. The second kappa shape index (κ2) is 13.4. The molecule has 1 spiro atoms. The van der Waals surface area contributed by atoms with E-state index in [4.69, 9.17) is 9.15 Å². The number of amides is 3. The molecule has 3 amide bonds. The Bertz CT molecular complexity index is 1450. The maximum Gasteiger partial charge on any atom is 0.297 e. The summed E-state index contributed by atoms with van der Waals surface area (Å²) in [5.41, 5.74) is 1.03. The molecule has 0 unspecified atom stereocenters. The van der Waals surface area contributed by atoms with Crippen LogP contribution in [0.25, 0.3) is 0 Å². The molecule has 240 valence electrons. The largest absolute Gasteiger partial charge is 0.432 e. The third-order valence-electron chi connectivity index (χ3n) is 9.64. The van der Waals surface area contributed by atoms with E-state index in [0.29, 0.717) is 50.3 Å². The van der Waals surface area contributed by atoms with E-state index in [-0.39, 0.29) is 24.3 Å². The number of carbonyl (C=O) groups excluding carboxylic acids is 3. The highest BCUT2D eigenvalue weighted by Crippen LogP contribution is 2.46. The summed E-state index contributed by atoms with van der Waals surface area (Å²) in [4.78, 5) is 48.8. The molecule has 12 nitrogen and oxygen atoms in total. The van der Waals surface area contributed by atoms with Crippen LogP contribution in [0.4, 0.5) is 6.01 Å². The second-order valence-corrected chi connectivity index (χ2v) is 12.8. The van der Waals surface area contributed by atoms with Gasteiger partial charge in [-0.15, -0.1) is 0 Å². The lowest BCUT2D eigenvalue weighted by Gasteiger charge is -2.49. The van der Waals surface area contributed by atoms with E-state index in [1.165, 1.54) is 25.5 Å². The molecule has 2 aromatic heterocycles. The Balaban J connectivity index is 1.16. The number of oxazole rings is 1. The van der Waals surface area contributed by atoms with Gasteiger partial charge in [0.2, 0.25) is 11.8 Å². The molecule has 12 heteroatoms. The van der Waals surface area contributed by atoms with Gasteiger partial charge in [0.1, 0.15) is 12.3 Å². The number of nitrogens with zero attached hydrogens (tertiary/aromatic N) is 5. The van der Waals surface area contributed by atoms with Gasteiger partial charge in [0.05, 0.1) is 36.5 Å². The van der Waals surface area contributed by atoms with Crippen LogP contribution < -0.4 is 15.5 Å². The monoisotopic (exact) mass is 617 g/mol. The van der Waals surface area contributed by atoms with Crippen LogP contribution in [0, 0.1) is 17.3 Å². The predicted octanol–water partition coefficient (Wildman–Crippen LogP) is 2.71. The van der Waals surface area contributed by atoms with E-state index in [9.17, 15) is 14.4 Å². The molecule has 3 aliphatic rings. The molecule has 1 aliphatic carbocycles. The average Bonchev–Trinajstić information content (AvgIpc) is 3.82. The van der Waals surface area contributed by atoms with Crippen LogP contribution in [0.2, 0.25) is 0 Å². The van der Waals surface area contributed by atoms with Gasteiger partial charge in [-0.25, -0.2) is 4.98 Å². The highest BCUT2D eigenvalue weighted by atomic mass is 16.5. The second-order valence-electron chi connectivity index (χ2n) is 12.8. The van der Waals surface area contributed by atoms with Crippen LogP contribution in [0.3, 0.4) is 0 Å². The minimum absolute atomic E-state index is 0.175. The van der Waals surface area contributed by atoms with Crippen molar-refractivity contribution in [1.82, 2.24) is 30.3 Å². The Morgan fingerprint density at radius 1 is 1.11 bits per heavy atom. The summed E-state index contributed by atoms with van der Waals surface area (Å²) in [6, 6.07) is 9.56. The molecule has 45 heavy (non-hydrogen) atoms. The average molecular weight is 618 g/mol. The Hall–Kier alpha value is -4.19. The number of hydrogen-bond acceptors (Lipinski definition) is 8. The zero-order valence-corrected chi connectivity index (χ0v) is 26.1. The van der Waals surface area contributed by atoms with Crippen molar-refractivity contribution in [2.24, 2.45) is 17.3 Å². The zero-order valence-electron chi connectivity index (χ0n) is 26.1. The van der Waals surface area contributed by atoms with Gasteiger partial charge in [-0.2, -0.15) is 5.10 Å². The number of aromatic nitrogens is 3. The van der Waals surface area contributed by atoms with Crippen LogP contribution in [0.5, 0.6) is 0 Å². The van der Waals surface area contributed by atoms with Crippen LogP contribution in [-0.4, -0.2) is 89.4 Å². The Morgan fingerprint density at radius 3 is 2.60 bits per heavy atom. The minimum Gasteiger partial charge on any atom is -0.432 e. The van der Waals surface area contributed by atoms with Gasteiger partial charge in [0.25, 0.3) is 11.9 Å². The molecule has 3 atom stereocenters. The molecule has 2 saturated heterocycles. The number of hydrogen-bond donors (Lipinski definition) is 2. The predicted molar refractivity (Wildman–Crippen MR) is 166 cm³/mol. The van der Waals surface area contributed by atoms with Crippen molar-refractivity contribution < 1.29 is 23.5 Å². The molecule has 6 rings (SSSR count). The van der Waals surface area contributed by atoms with Crippen molar-refractivity contribution in [2.75, 3.05) is 44.7 Å². The molecular weight excluding hydrogens is 574 g/mol. The van der Waals surface area contributed by atoms with E-state index in [2.05, 4.69) is 20.7 Å². The Morgan fingerprint density at radius 2 is 1.89 bits per heavy atom. The molecular formula is C33H43N7O5. The number of likely N-dealkylation sites (N-methyl/N-ethyl adjacent to an activating group) is 1. The summed E-state index contributed by atoms with van der Waals surface area (Å²) in [6.07, 6.45) is 11.9.